The van der Waals surface area contributed by atoms with Gasteiger partial charge in [0.05, 0.1) is 7.11 Å². The Hall–Kier alpha value is -0.200. The summed E-state index contributed by atoms with van der Waals surface area (Å²) in [6.07, 6.45) is 26.8. The lowest BCUT2D eigenvalue weighted by molar-refractivity contribution is -0.318. The van der Waals surface area contributed by atoms with Gasteiger partial charge in [-0.1, -0.05) is 117 Å². The molecule has 0 bridgehead atoms. The molecule has 0 aromatic rings. The second-order valence-corrected chi connectivity index (χ2v) is 9.63. The Morgan fingerprint density at radius 1 is 0.471 bits per heavy atom. The summed E-state index contributed by atoms with van der Waals surface area (Å²) in [5, 5.41) is 0. The number of unbranched alkanes of at least 4 members (excludes halogenated alkanes) is 17. The summed E-state index contributed by atoms with van der Waals surface area (Å²) in [4.78, 5) is 9.21. The standard InChI is InChI=1S/C29H60O5/c1-4-6-8-10-12-14-17-22-26-32-29(24-20-16-19-21-25-31-28-34-30-3)33-27-23-18-15-13-11-9-7-5-2/h29H,4-28H2,1-3H3. The minimum Gasteiger partial charge on any atom is -0.353 e. The van der Waals surface area contributed by atoms with E-state index in [4.69, 9.17) is 19.1 Å². The Balaban J connectivity index is 3.85. The number of ether oxygens (including phenoxy) is 3. The van der Waals surface area contributed by atoms with Crippen molar-refractivity contribution >= 4 is 0 Å². The van der Waals surface area contributed by atoms with Crippen LogP contribution in [0.15, 0.2) is 0 Å². The second-order valence-electron chi connectivity index (χ2n) is 9.63. The van der Waals surface area contributed by atoms with Gasteiger partial charge in [-0.25, -0.2) is 9.78 Å². The van der Waals surface area contributed by atoms with Crippen molar-refractivity contribution in [3.63, 3.8) is 0 Å². The lowest BCUT2D eigenvalue weighted by Crippen LogP contribution is -2.19. The van der Waals surface area contributed by atoms with Crippen LogP contribution in [0.2, 0.25) is 0 Å². The number of rotatable bonds is 30. The van der Waals surface area contributed by atoms with E-state index >= 15 is 0 Å². The SMILES string of the molecule is CCCCCCCCCCOC(CCCCCCOCOOC)OCCCCCCCCCC. The average molecular weight is 489 g/mol. The minimum atomic E-state index is -0.0274. The highest BCUT2D eigenvalue weighted by Gasteiger charge is 2.09. The molecule has 5 nitrogen and oxygen atoms in total. The smallest absolute Gasteiger partial charge is 0.180 e. The van der Waals surface area contributed by atoms with Gasteiger partial charge in [0.2, 0.25) is 0 Å². The molecule has 0 rings (SSSR count). The number of hydrogen-bond acceptors (Lipinski definition) is 5. The zero-order chi connectivity index (χ0) is 24.8. The predicted molar refractivity (Wildman–Crippen MR) is 143 cm³/mol. The molecular weight excluding hydrogens is 428 g/mol. The Morgan fingerprint density at radius 2 is 0.882 bits per heavy atom. The van der Waals surface area contributed by atoms with Gasteiger partial charge >= 0.3 is 0 Å². The molecule has 0 heterocycles. The zero-order valence-electron chi connectivity index (χ0n) is 23.3. The monoisotopic (exact) mass is 488 g/mol. The Morgan fingerprint density at radius 3 is 1.35 bits per heavy atom. The first-order valence-corrected chi connectivity index (χ1v) is 14.8. The van der Waals surface area contributed by atoms with Crippen LogP contribution in [-0.2, 0) is 24.0 Å². The van der Waals surface area contributed by atoms with Crippen molar-refractivity contribution in [3.8, 4) is 0 Å². The topological polar surface area (TPSA) is 46.2 Å². The van der Waals surface area contributed by atoms with E-state index in [2.05, 4.69) is 18.7 Å². The molecule has 206 valence electrons. The molecule has 0 radical (unpaired) electrons. The van der Waals surface area contributed by atoms with E-state index in [9.17, 15) is 0 Å². The van der Waals surface area contributed by atoms with Crippen LogP contribution < -0.4 is 0 Å². The predicted octanol–water partition coefficient (Wildman–Crippen LogP) is 9.13. The largest absolute Gasteiger partial charge is 0.353 e. The highest BCUT2D eigenvalue weighted by Crippen LogP contribution is 2.14. The van der Waals surface area contributed by atoms with Crippen molar-refractivity contribution in [3.05, 3.63) is 0 Å². The minimum absolute atomic E-state index is 0.0274. The summed E-state index contributed by atoms with van der Waals surface area (Å²) >= 11 is 0. The van der Waals surface area contributed by atoms with E-state index in [-0.39, 0.29) is 13.1 Å². The first-order chi connectivity index (χ1) is 16.8. The van der Waals surface area contributed by atoms with Crippen LogP contribution in [0.3, 0.4) is 0 Å². The summed E-state index contributed by atoms with van der Waals surface area (Å²) in [5.41, 5.74) is 0. The third-order valence-electron chi connectivity index (χ3n) is 6.33. The van der Waals surface area contributed by atoms with Gasteiger partial charge in [0.25, 0.3) is 0 Å². The van der Waals surface area contributed by atoms with Gasteiger partial charge in [0, 0.05) is 19.8 Å². The normalized spacial score (nSPS) is 11.6. The molecule has 0 unspecified atom stereocenters. The molecule has 0 atom stereocenters. The quantitative estimate of drug-likeness (QED) is 0.0436. The van der Waals surface area contributed by atoms with Gasteiger partial charge < -0.3 is 14.2 Å². The summed E-state index contributed by atoms with van der Waals surface area (Å²) in [6, 6.07) is 0. The maximum Gasteiger partial charge on any atom is 0.180 e. The molecule has 0 saturated heterocycles. The van der Waals surface area contributed by atoms with Crippen molar-refractivity contribution in [1.82, 2.24) is 0 Å². The maximum atomic E-state index is 6.15. The molecule has 0 saturated carbocycles. The van der Waals surface area contributed by atoms with Gasteiger partial charge in [0.1, 0.15) is 0 Å². The average Bonchev–Trinajstić information content (AvgIpc) is 2.85. The van der Waals surface area contributed by atoms with Crippen LogP contribution in [-0.4, -0.2) is 40.0 Å². The molecule has 0 aliphatic heterocycles. The molecule has 0 N–H and O–H groups in total. The molecule has 0 aliphatic carbocycles. The first-order valence-electron chi connectivity index (χ1n) is 14.8. The van der Waals surface area contributed by atoms with Gasteiger partial charge in [0.15, 0.2) is 13.1 Å². The van der Waals surface area contributed by atoms with Crippen molar-refractivity contribution in [2.75, 3.05) is 33.7 Å². The molecule has 34 heavy (non-hydrogen) atoms. The van der Waals surface area contributed by atoms with Crippen LogP contribution in [0.4, 0.5) is 0 Å². The molecule has 0 aliphatic rings. The third kappa shape index (κ3) is 28.0. The Bertz CT molecular complexity index is 301. The van der Waals surface area contributed by atoms with Crippen LogP contribution >= 0.6 is 0 Å². The molecular formula is C29H60O5. The van der Waals surface area contributed by atoms with Gasteiger partial charge in [-0.05, 0) is 32.1 Å². The molecule has 0 spiro atoms. The van der Waals surface area contributed by atoms with Crippen molar-refractivity contribution < 1.29 is 24.0 Å². The summed E-state index contributed by atoms with van der Waals surface area (Å²) in [5.74, 6) is 0. The van der Waals surface area contributed by atoms with E-state index in [1.165, 1.54) is 103 Å². The van der Waals surface area contributed by atoms with Gasteiger partial charge in [-0.3, -0.25) is 0 Å². The van der Waals surface area contributed by atoms with Crippen molar-refractivity contribution in [2.45, 2.75) is 155 Å². The molecule has 0 fully saturated rings. The molecule has 0 aromatic carbocycles. The fourth-order valence-corrected chi connectivity index (χ4v) is 4.13. The number of hydrogen-bond donors (Lipinski definition) is 0. The van der Waals surface area contributed by atoms with Gasteiger partial charge in [-0.2, -0.15) is 0 Å². The molecule has 0 amide bonds. The van der Waals surface area contributed by atoms with E-state index in [0.717, 1.165) is 58.3 Å². The zero-order valence-corrected chi connectivity index (χ0v) is 23.3. The lowest BCUT2D eigenvalue weighted by atomic mass is 10.1. The second kappa shape index (κ2) is 30.8. The highest BCUT2D eigenvalue weighted by atomic mass is 17.2. The van der Waals surface area contributed by atoms with E-state index in [1.54, 1.807) is 0 Å². The molecule has 0 aromatic heterocycles. The van der Waals surface area contributed by atoms with Crippen LogP contribution in [0.25, 0.3) is 0 Å². The fraction of sp³-hybridized carbons (Fsp3) is 1.00. The maximum absolute atomic E-state index is 6.15. The van der Waals surface area contributed by atoms with Crippen molar-refractivity contribution in [1.29, 1.82) is 0 Å². The van der Waals surface area contributed by atoms with Crippen LogP contribution in [0, 0.1) is 0 Å². The summed E-state index contributed by atoms with van der Waals surface area (Å²) in [7, 11) is 1.49. The Kier molecular flexibility index (Phi) is 30.6. The lowest BCUT2D eigenvalue weighted by Gasteiger charge is -2.19. The summed E-state index contributed by atoms with van der Waals surface area (Å²) in [6.45, 7) is 7.15. The highest BCUT2D eigenvalue weighted by molar-refractivity contribution is 4.52. The van der Waals surface area contributed by atoms with E-state index < -0.39 is 0 Å². The van der Waals surface area contributed by atoms with Crippen molar-refractivity contribution in [2.24, 2.45) is 0 Å². The van der Waals surface area contributed by atoms with Gasteiger partial charge in [-0.15, -0.1) is 0 Å². The van der Waals surface area contributed by atoms with Crippen LogP contribution in [0.1, 0.15) is 149 Å². The Labute approximate surface area is 212 Å². The van der Waals surface area contributed by atoms with E-state index in [0.29, 0.717) is 0 Å². The molecule has 5 heteroatoms. The fourth-order valence-electron chi connectivity index (χ4n) is 4.13. The summed E-state index contributed by atoms with van der Waals surface area (Å²) < 4.78 is 17.6. The van der Waals surface area contributed by atoms with E-state index in [1.807, 2.05) is 0 Å². The first kappa shape index (κ1) is 33.8. The van der Waals surface area contributed by atoms with Crippen LogP contribution in [0.5, 0.6) is 0 Å². The third-order valence-corrected chi connectivity index (χ3v) is 6.33.